The maximum atomic E-state index is 11.5. The predicted molar refractivity (Wildman–Crippen MR) is 266 cm³/mol. The molecule has 2 amide bonds. The van der Waals surface area contributed by atoms with E-state index in [0.717, 1.165) is 122 Å². The molecule has 0 aromatic heterocycles. The summed E-state index contributed by atoms with van der Waals surface area (Å²) in [5.41, 5.74) is 10.6. The molecule has 9 N–H and O–H groups in total. The van der Waals surface area contributed by atoms with Gasteiger partial charge in [0.15, 0.2) is 0 Å². The first kappa shape index (κ1) is 69.0. The van der Waals surface area contributed by atoms with Gasteiger partial charge in [0.05, 0.1) is 0 Å². The fraction of sp³-hybridized carbons (Fsp3) is 0.863. The van der Waals surface area contributed by atoms with Crippen LogP contribution in [0.3, 0.4) is 0 Å². The molecule has 15 nitrogen and oxygen atoms in total. The number of ether oxygens (including phenoxy) is 1. The van der Waals surface area contributed by atoms with Crippen molar-refractivity contribution in [2.75, 3.05) is 26.2 Å². The molecule has 0 saturated carbocycles. The molecule has 0 spiro atoms. The molecule has 0 aromatic carbocycles. The van der Waals surface area contributed by atoms with E-state index in [9.17, 15) is 33.6 Å². The highest BCUT2D eigenvalue weighted by Gasteiger charge is 2.10. The molecule has 15 heteroatoms. The van der Waals surface area contributed by atoms with Crippen LogP contribution in [0.1, 0.15) is 258 Å². The van der Waals surface area contributed by atoms with E-state index in [4.69, 9.17) is 31.5 Å². The molecule has 1 fully saturated rings. The number of carboxylic acids is 3. The number of rotatable bonds is 37. The molecule has 390 valence electrons. The van der Waals surface area contributed by atoms with E-state index in [-0.39, 0.29) is 30.6 Å². The third-order valence-corrected chi connectivity index (χ3v) is 10.4. The molecule has 1 heterocycles. The summed E-state index contributed by atoms with van der Waals surface area (Å²) in [6.07, 6.45) is 34.8. The minimum atomic E-state index is -0.743. The van der Waals surface area contributed by atoms with Crippen LogP contribution in [-0.2, 0) is 38.3 Å². The van der Waals surface area contributed by atoms with Crippen molar-refractivity contribution in [3.8, 4) is 0 Å². The van der Waals surface area contributed by atoms with Crippen LogP contribution in [-0.4, -0.2) is 83.2 Å². The lowest BCUT2D eigenvalue weighted by atomic mass is 10.1. The van der Waals surface area contributed by atoms with Crippen LogP contribution in [0.5, 0.6) is 0 Å². The first-order chi connectivity index (χ1) is 31.8. The quantitative estimate of drug-likeness (QED) is 0.0174. The fourth-order valence-corrected chi connectivity index (χ4v) is 6.39. The summed E-state index contributed by atoms with van der Waals surface area (Å²) in [4.78, 5) is 75.0. The van der Waals surface area contributed by atoms with Gasteiger partial charge in [-0.3, -0.25) is 33.6 Å². The zero-order chi connectivity index (χ0) is 50.2. The first-order valence-corrected chi connectivity index (χ1v) is 26.1. The van der Waals surface area contributed by atoms with Gasteiger partial charge in [-0.2, -0.15) is 0 Å². The molecule has 0 aromatic rings. The van der Waals surface area contributed by atoms with Crippen molar-refractivity contribution < 1.29 is 53.6 Å². The SMILES string of the molecule is CCCCCCCCC(=O)NCCCCCC(=O)O.CCCCCCCCC(=O)O.CCCCCCCCC(=O)OC(=O)CCCCCN.NCCCCCC(=O)O.O=C1CCCCCN1. The van der Waals surface area contributed by atoms with Crippen molar-refractivity contribution in [2.24, 2.45) is 11.5 Å². The van der Waals surface area contributed by atoms with Crippen LogP contribution in [0.4, 0.5) is 0 Å². The molecule has 0 atom stereocenters. The molecular formula is C51H100N4O11. The molecule has 66 heavy (non-hydrogen) atoms. The summed E-state index contributed by atoms with van der Waals surface area (Å²) in [7, 11) is 0. The van der Waals surface area contributed by atoms with E-state index in [1.54, 1.807) is 0 Å². The molecule has 1 rings (SSSR count). The van der Waals surface area contributed by atoms with Crippen LogP contribution in [0.2, 0.25) is 0 Å². The molecule has 0 aliphatic carbocycles. The molecule has 1 saturated heterocycles. The lowest BCUT2D eigenvalue weighted by Gasteiger charge is -2.05. The van der Waals surface area contributed by atoms with Gasteiger partial charge in [-0.15, -0.1) is 0 Å². The Hall–Kier alpha value is -3.59. The van der Waals surface area contributed by atoms with Crippen molar-refractivity contribution in [1.82, 2.24) is 10.6 Å². The van der Waals surface area contributed by atoms with Crippen molar-refractivity contribution in [3.63, 3.8) is 0 Å². The van der Waals surface area contributed by atoms with Gasteiger partial charge in [0, 0.05) is 58.0 Å². The fourth-order valence-electron chi connectivity index (χ4n) is 6.39. The van der Waals surface area contributed by atoms with Gasteiger partial charge in [-0.25, -0.2) is 0 Å². The maximum absolute atomic E-state index is 11.5. The van der Waals surface area contributed by atoms with E-state index in [2.05, 4.69) is 31.4 Å². The summed E-state index contributed by atoms with van der Waals surface area (Å²) < 4.78 is 4.75. The van der Waals surface area contributed by atoms with Crippen LogP contribution in [0.15, 0.2) is 0 Å². The molecule has 1 aliphatic rings. The van der Waals surface area contributed by atoms with Gasteiger partial charge in [0.1, 0.15) is 0 Å². The van der Waals surface area contributed by atoms with Gasteiger partial charge in [0.25, 0.3) is 0 Å². The largest absolute Gasteiger partial charge is 0.481 e. The summed E-state index contributed by atoms with van der Waals surface area (Å²) in [5, 5.41) is 30.7. The Labute approximate surface area is 400 Å². The van der Waals surface area contributed by atoms with E-state index < -0.39 is 23.9 Å². The van der Waals surface area contributed by atoms with Gasteiger partial charge in [0.2, 0.25) is 11.8 Å². The Morgan fingerprint density at radius 1 is 0.470 bits per heavy atom. The topological polar surface area (TPSA) is 266 Å². The minimum Gasteiger partial charge on any atom is -0.481 e. The number of nitrogens with two attached hydrogens (primary N) is 2. The van der Waals surface area contributed by atoms with Crippen LogP contribution < -0.4 is 22.1 Å². The van der Waals surface area contributed by atoms with Crippen molar-refractivity contribution in [2.45, 2.75) is 258 Å². The molecule has 0 radical (unpaired) electrons. The highest BCUT2D eigenvalue weighted by molar-refractivity contribution is 5.85. The Bertz CT molecular complexity index is 1130. The number of nitrogens with one attached hydrogen (secondary N) is 2. The Morgan fingerprint density at radius 2 is 0.818 bits per heavy atom. The number of hydrogen-bond acceptors (Lipinski definition) is 10. The molecule has 0 bridgehead atoms. The van der Waals surface area contributed by atoms with Crippen molar-refractivity contribution in [1.29, 1.82) is 0 Å². The third-order valence-electron chi connectivity index (χ3n) is 10.4. The first-order valence-electron chi connectivity index (χ1n) is 26.1. The Morgan fingerprint density at radius 3 is 1.21 bits per heavy atom. The lowest BCUT2D eigenvalue weighted by Crippen LogP contribution is -2.23. The normalized spacial score (nSPS) is 11.6. The Balaban J connectivity index is -0.000000380. The number of hydrogen-bond donors (Lipinski definition) is 7. The van der Waals surface area contributed by atoms with Crippen molar-refractivity contribution >= 4 is 41.7 Å². The van der Waals surface area contributed by atoms with E-state index >= 15 is 0 Å². The average Bonchev–Trinajstić information content (AvgIpc) is 3.54. The van der Waals surface area contributed by atoms with E-state index in [1.807, 2.05) is 0 Å². The zero-order valence-corrected chi connectivity index (χ0v) is 42.3. The number of esters is 2. The third kappa shape index (κ3) is 72.0. The van der Waals surface area contributed by atoms with Crippen LogP contribution in [0.25, 0.3) is 0 Å². The van der Waals surface area contributed by atoms with Crippen molar-refractivity contribution in [3.05, 3.63) is 0 Å². The number of amides is 2. The van der Waals surface area contributed by atoms with E-state index in [1.165, 1.54) is 77.0 Å². The zero-order valence-electron chi connectivity index (χ0n) is 42.3. The predicted octanol–water partition coefficient (Wildman–Crippen LogP) is 10.9. The summed E-state index contributed by atoms with van der Waals surface area (Å²) in [6.45, 7) is 9.43. The van der Waals surface area contributed by atoms with Crippen LogP contribution >= 0.6 is 0 Å². The lowest BCUT2D eigenvalue weighted by molar-refractivity contribution is -0.160. The molecular weight excluding hydrogens is 845 g/mol. The summed E-state index contributed by atoms with van der Waals surface area (Å²) >= 11 is 0. The number of carboxylic acid groups (broad SMARTS) is 3. The highest BCUT2D eigenvalue weighted by Crippen LogP contribution is 2.10. The molecule has 1 aliphatic heterocycles. The van der Waals surface area contributed by atoms with Gasteiger partial charge >= 0.3 is 29.8 Å². The molecule has 0 unspecified atom stereocenters. The minimum absolute atomic E-state index is 0.133. The van der Waals surface area contributed by atoms with E-state index in [0.29, 0.717) is 51.7 Å². The smallest absolute Gasteiger partial charge is 0.313 e. The second kappa shape index (κ2) is 59.4. The second-order valence-electron chi connectivity index (χ2n) is 17.1. The number of aliphatic carboxylic acids is 3. The average molecular weight is 945 g/mol. The monoisotopic (exact) mass is 945 g/mol. The Kier molecular flexibility index (Phi) is 62.1. The van der Waals surface area contributed by atoms with Gasteiger partial charge < -0.3 is 42.2 Å². The number of carbonyl (C=O) groups excluding carboxylic acids is 4. The van der Waals surface area contributed by atoms with Gasteiger partial charge in [-0.05, 0) is 83.7 Å². The second-order valence-corrected chi connectivity index (χ2v) is 17.1. The van der Waals surface area contributed by atoms with Crippen LogP contribution in [0, 0.1) is 0 Å². The van der Waals surface area contributed by atoms with Gasteiger partial charge in [-0.1, -0.05) is 143 Å². The summed E-state index contributed by atoms with van der Waals surface area (Å²) in [5.74, 6) is -2.54. The standard InChI is InChI=1S/2C15H29NO3.C9H18O2.C6H13NO2.C6H11NO/c1-2-3-4-5-6-8-11-14(17)19-15(18)12-9-7-10-13-16;1-2-3-4-5-6-8-11-14(17)16-13-10-7-9-12-15(18)19;1-2-3-4-5-6-7-8-9(10)11;7-5-3-1-2-4-6(8)9;8-6-4-2-1-3-5-7-6/h2-13,16H2,1H3;2-13H2,1H3,(H,16,17)(H,18,19);2-8H2,1H3,(H,10,11);1-5,7H2,(H,8,9);1-5H2,(H,7,8). The maximum Gasteiger partial charge on any atom is 0.313 e. The highest BCUT2D eigenvalue weighted by atomic mass is 16.6. The summed E-state index contributed by atoms with van der Waals surface area (Å²) in [6, 6.07) is 0. The number of carbonyl (C=O) groups is 7. The number of unbranched alkanes of at least 4 members (excludes halogenated alkanes) is 21.